The first-order valence-corrected chi connectivity index (χ1v) is 7.09. The fraction of sp³-hybridized carbons (Fsp3) is 0.167. The summed E-state index contributed by atoms with van der Waals surface area (Å²) in [6.07, 6.45) is 3.69. The first-order valence-electron chi connectivity index (χ1n) is 5.73. The topological polar surface area (TPSA) is 87.5 Å². The van der Waals surface area contributed by atoms with Crippen molar-refractivity contribution in [1.29, 1.82) is 0 Å². The molecule has 20 heavy (non-hydrogen) atoms. The zero-order chi connectivity index (χ0) is 14.6. The van der Waals surface area contributed by atoms with Gasteiger partial charge in [0, 0.05) is 12.4 Å². The van der Waals surface area contributed by atoms with Crippen LogP contribution in [0.2, 0.25) is 0 Å². The molecule has 2 rings (SSSR count). The maximum atomic E-state index is 11.8. The number of carbonyl (C=O) groups excluding carboxylic acids is 1. The summed E-state index contributed by atoms with van der Waals surface area (Å²) in [5.41, 5.74) is 0.319. The molecule has 1 aromatic carbocycles. The van der Waals surface area contributed by atoms with Crippen LogP contribution in [0.3, 0.4) is 0 Å². The molecule has 0 bridgehead atoms. The molecule has 0 saturated heterocycles. The van der Waals surface area contributed by atoms with Crippen LogP contribution in [0.15, 0.2) is 43.0 Å². The van der Waals surface area contributed by atoms with E-state index in [1.165, 1.54) is 36.7 Å². The molecule has 2 aromatic rings. The van der Waals surface area contributed by atoms with Crippen LogP contribution < -0.4 is 4.18 Å². The van der Waals surface area contributed by atoms with Gasteiger partial charge in [0.2, 0.25) is 0 Å². The molecule has 7 nitrogen and oxygen atoms in total. The average Bonchev–Trinajstić information content (AvgIpc) is 2.94. The van der Waals surface area contributed by atoms with Gasteiger partial charge in [-0.15, -0.1) is 0 Å². The quantitative estimate of drug-likeness (QED) is 0.771. The van der Waals surface area contributed by atoms with Crippen molar-refractivity contribution >= 4 is 16.3 Å². The minimum absolute atomic E-state index is 0.0896. The standard InChI is InChI=1S/C12H12N2O5S/c1-2-18-12(15)10-3-5-11(6-4-10)19-20(16,17)14-8-7-13-9-14/h3-9H,2H2,1H3. The highest BCUT2D eigenvalue weighted by Gasteiger charge is 2.15. The van der Waals surface area contributed by atoms with Gasteiger partial charge >= 0.3 is 16.3 Å². The second kappa shape index (κ2) is 5.74. The van der Waals surface area contributed by atoms with Gasteiger partial charge in [-0.2, -0.15) is 8.42 Å². The molecular formula is C12H12N2O5S. The summed E-state index contributed by atoms with van der Waals surface area (Å²) in [6, 6.07) is 5.61. The Morgan fingerprint density at radius 1 is 1.30 bits per heavy atom. The summed E-state index contributed by atoms with van der Waals surface area (Å²) in [6.45, 7) is 1.97. The number of esters is 1. The highest BCUT2D eigenvalue weighted by Crippen LogP contribution is 2.16. The van der Waals surface area contributed by atoms with Gasteiger partial charge in [-0.05, 0) is 31.2 Å². The Morgan fingerprint density at radius 2 is 2.00 bits per heavy atom. The second-order valence-electron chi connectivity index (χ2n) is 3.68. The van der Waals surface area contributed by atoms with Gasteiger partial charge in [-0.25, -0.2) is 13.8 Å². The Morgan fingerprint density at radius 3 is 2.55 bits per heavy atom. The van der Waals surface area contributed by atoms with E-state index in [0.717, 1.165) is 10.3 Å². The molecule has 106 valence electrons. The van der Waals surface area contributed by atoms with Gasteiger partial charge in [-0.3, -0.25) is 0 Å². The Bertz CT molecular complexity index is 677. The number of rotatable bonds is 5. The number of aromatic nitrogens is 2. The van der Waals surface area contributed by atoms with Crippen LogP contribution in [0.1, 0.15) is 17.3 Å². The Balaban J connectivity index is 2.14. The molecule has 0 atom stereocenters. The van der Waals surface area contributed by atoms with E-state index in [0.29, 0.717) is 5.56 Å². The molecule has 0 saturated carbocycles. The van der Waals surface area contributed by atoms with Crippen LogP contribution in [0.4, 0.5) is 0 Å². The van der Waals surface area contributed by atoms with E-state index in [2.05, 4.69) is 4.98 Å². The van der Waals surface area contributed by atoms with E-state index in [4.69, 9.17) is 8.92 Å². The Kier molecular flexibility index (Phi) is 4.04. The molecular weight excluding hydrogens is 284 g/mol. The molecule has 0 aliphatic carbocycles. The average molecular weight is 296 g/mol. The third-order valence-electron chi connectivity index (χ3n) is 2.31. The number of nitrogens with zero attached hydrogens (tertiary/aromatic N) is 2. The van der Waals surface area contributed by atoms with E-state index in [1.807, 2.05) is 0 Å². The number of imidazole rings is 1. The maximum Gasteiger partial charge on any atom is 0.414 e. The fourth-order valence-corrected chi connectivity index (χ4v) is 2.22. The number of hydrogen-bond acceptors (Lipinski definition) is 6. The summed E-state index contributed by atoms with van der Waals surface area (Å²) in [5.74, 6) is -0.386. The van der Waals surface area contributed by atoms with Gasteiger partial charge in [0.05, 0.1) is 12.2 Å². The molecule has 0 amide bonds. The number of ether oxygens (including phenoxy) is 1. The van der Waals surface area contributed by atoms with E-state index >= 15 is 0 Å². The third-order valence-corrected chi connectivity index (χ3v) is 3.44. The SMILES string of the molecule is CCOC(=O)c1ccc(OS(=O)(=O)n2ccnc2)cc1. The van der Waals surface area contributed by atoms with Crippen molar-refractivity contribution in [2.75, 3.05) is 6.61 Å². The third kappa shape index (κ3) is 3.15. The van der Waals surface area contributed by atoms with Crippen molar-refractivity contribution in [2.24, 2.45) is 0 Å². The van der Waals surface area contributed by atoms with Crippen LogP contribution in [-0.2, 0) is 15.0 Å². The van der Waals surface area contributed by atoms with E-state index in [9.17, 15) is 13.2 Å². The van der Waals surface area contributed by atoms with Crippen molar-refractivity contribution < 1.29 is 22.1 Å². The second-order valence-corrected chi connectivity index (χ2v) is 5.12. The van der Waals surface area contributed by atoms with Crippen molar-refractivity contribution in [3.05, 3.63) is 48.5 Å². The van der Waals surface area contributed by atoms with E-state index < -0.39 is 16.3 Å². The molecule has 0 aliphatic rings. The van der Waals surface area contributed by atoms with Crippen molar-refractivity contribution in [3.8, 4) is 5.75 Å². The Hall–Kier alpha value is -2.35. The fourth-order valence-electron chi connectivity index (χ4n) is 1.40. The lowest BCUT2D eigenvalue weighted by molar-refractivity contribution is 0.0526. The van der Waals surface area contributed by atoms with Crippen LogP contribution in [0.5, 0.6) is 5.75 Å². The maximum absolute atomic E-state index is 11.8. The van der Waals surface area contributed by atoms with Crippen LogP contribution in [-0.4, -0.2) is 30.0 Å². The molecule has 0 N–H and O–H groups in total. The van der Waals surface area contributed by atoms with Gasteiger partial charge in [0.25, 0.3) is 0 Å². The van der Waals surface area contributed by atoms with Gasteiger partial charge in [0.1, 0.15) is 12.1 Å². The highest BCUT2D eigenvalue weighted by molar-refractivity contribution is 7.85. The molecule has 0 fully saturated rings. The molecule has 0 radical (unpaired) electrons. The monoisotopic (exact) mass is 296 g/mol. The summed E-state index contributed by atoms with van der Waals surface area (Å²) >= 11 is 0. The zero-order valence-electron chi connectivity index (χ0n) is 10.6. The first kappa shape index (κ1) is 14.1. The summed E-state index contributed by atoms with van der Waals surface area (Å²) in [7, 11) is -3.98. The largest absolute Gasteiger partial charge is 0.462 e. The normalized spacial score (nSPS) is 11.1. The van der Waals surface area contributed by atoms with Crippen LogP contribution in [0.25, 0.3) is 0 Å². The number of carbonyl (C=O) groups is 1. The molecule has 1 heterocycles. The predicted molar refractivity (Wildman–Crippen MR) is 69.6 cm³/mol. The minimum Gasteiger partial charge on any atom is -0.462 e. The molecule has 0 unspecified atom stereocenters. The number of hydrogen-bond donors (Lipinski definition) is 0. The lowest BCUT2D eigenvalue weighted by Gasteiger charge is -2.07. The summed E-state index contributed by atoms with van der Waals surface area (Å²) < 4.78 is 34.1. The molecule has 8 heteroatoms. The lowest BCUT2D eigenvalue weighted by Crippen LogP contribution is -2.17. The zero-order valence-corrected chi connectivity index (χ0v) is 11.4. The van der Waals surface area contributed by atoms with E-state index in [1.54, 1.807) is 6.92 Å². The van der Waals surface area contributed by atoms with Gasteiger partial charge in [0.15, 0.2) is 0 Å². The summed E-state index contributed by atoms with van der Waals surface area (Å²) in [4.78, 5) is 15.1. The molecule has 0 aliphatic heterocycles. The minimum atomic E-state index is -3.98. The van der Waals surface area contributed by atoms with Gasteiger partial charge < -0.3 is 8.92 Å². The van der Waals surface area contributed by atoms with Gasteiger partial charge in [-0.1, -0.05) is 0 Å². The Labute approximate surface area is 116 Å². The lowest BCUT2D eigenvalue weighted by atomic mass is 10.2. The van der Waals surface area contributed by atoms with Crippen molar-refractivity contribution in [3.63, 3.8) is 0 Å². The smallest absolute Gasteiger partial charge is 0.414 e. The van der Waals surface area contributed by atoms with Crippen LogP contribution in [0, 0.1) is 0 Å². The van der Waals surface area contributed by atoms with Crippen LogP contribution >= 0.6 is 0 Å². The number of benzene rings is 1. The highest BCUT2D eigenvalue weighted by atomic mass is 32.2. The van der Waals surface area contributed by atoms with Crippen molar-refractivity contribution in [1.82, 2.24) is 8.96 Å². The summed E-state index contributed by atoms with van der Waals surface area (Å²) in [5, 5.41) is 0. The van der Waals surface area contributed by atoms with E-state index in [-0.39, 0.29) is 12.4 Å². The molecule has 1 aromatic heterocycles. The molecule has 0 spiro atoms. The first-order chi connectivity index (χ1) is 9.53. The predicted octanol–water partition coefficient (Wildman–Crippen LogP) is 1.23. The van der Waals surface area contributed by atoms with Crippen molar-refractivity contribution in [2.45, 2.75) is 6.92 Å².